The molecule has 2 aromatic rings. The smallest absolute Gasteiger partial charge is 0.251 e. The zero-order valence-electron chi connectivity index (χ0n) is 11.0. The third kappa shape index (κ3) is 3.75. The van der Waals surface area contributed by atoms with Gasteiger partial charge in [0.1, 0.15) is 6.54 Å². The Balaban J connectivity index is 0.00000161. The predicted molar refractivity (Wildman–Crippen MR) is 89.5 cm³/mol. The van der Waals surface area contributed by atoms with Crippen LogP contribution < -0.4 is 5.32 Å². The molecule has 1 aliphatic rings. The number of nitrogens with zero attached hydrogens (tertiary/aromatic N) is 2. The van der Waals surface area contributed by atoms with Crippen molar-refractivity contribution in [3.8, 4) is 0 Å². The molecule has 4 nitrogen and oxygen atoms in total. The number of benzene rings is 1. The van der Waals surface area contributed by atoms with Gasteiger partial charge in [0.15, 0.2) is 0 Å². The fraction of sp³-hybridized carbons (Fsp3) is 0.143. The van der Waals surface area contributed by atoms with Crippen LogP contribution in [0, 0.1) is 0 Å². The molecule has 3 rings (SSSR count). The Morgan fingerprint density at radius 3 is 2.71 bits per heavy atom. The molecule has 21 heavy (non-hydrogen) atoms. The lowest BCUT2D eigenvalue weighted by Gasteiger charge is -2.18. The molecule has 0 spiro atoms. The molecule has 2 heterocycles. The van der Waals surface area contributed by atoms with Crippen LogP contribution in [0.3, 0.4) is 0 Å². The van der Waals surface area contributed by atoms with E-state index >= 15 is 0 Å². The molecule has 1 N–H and O–H groups in total. The van der Waals surface area contributed by atoms with Crippen LogP contribution in [0.4, 0.5) is 5.69 Å². The van der Waals surface area contributed by atoms with E-state index in [1.54, 1.807) is 28.4 Å². The first-order valence-corrected chi connectivity index (χ1v) is 7.38. The molecule has 0 fully saturated rings. The normalized spacial score (nSPS) is 13.9. The average molecular weight is 342 g/mol. The Hall–Kier alpha value is -1.56. The summed E-state index contributed by atoms with van der Waals surface area (Å²) in [5.41, 5.74) is 0.860. The van der Waals surface area contributed by atoms with Crippen LogP contribution in [0.15, 0.2) is 46.8 Å². The van der Waals surface area contributed by atoms with Crippen molar-refractivity contribution in [3.05, 3.63) is 51.7 Å². The fourth-order valence-electron chi connectivity index (χ4n) is 1.92. The van der Waals surface area contributed by atoms with Crippen molar-refractivity contribution in [2.45, 2.75) is 6.54 Å². The topological polar surface area (TPSA) is 44.7 Å². The summed E-state index contributed by atoms with van der Waals surface area (Å²) >= 11 is 7.48. The Morgan fingerprint density at radius 2 is 2.05 bits per heavy atom. The van der Waals surface area contributed by atoms with Crippen molar-refractivity contribution in [1.82, 2.24) is 4.90 Å². The van der Waals surface area contributed by atoms with E-state index in [-0.39, 0.29) is 24.9 Å². The molecule has 1 aromatic carbocycles. The fourth-order valence-corrected chi connectivity index (χ4v) is 2.74. The highest BCUT2D eigenvalue weighted by Gasteiger charge is 2.25. The van der Waals surface area contributed by atoms with Gasteiger partial charge in [-0.2, -0.15) is 0 Å². The van der Waals surface area contributed by atoms with E-state index in [4.69, 9.17) is 11.6 Å². The molecule has 0 saturated carbocycles. The SMILES string of the molecule is Cl.O=C1CN=C(Nc2ccc(Cl)cc2)N1Cc1cccs1. The predicted octanol–water partition coefficient (Wildman–Crippen LogP) is 3.63. The van der Waals surface area contributed by atoms with E-state index < -0.39 is 0 Å². The summed E-state index contributed by atoms with van der Waals surface area (Å²) in [7, 11) is 0. The molecule has 0 radical (unpaired) electrons. The van der Waals surface area contributed by atoms with Gasteiger partial charge < -0.3 is 5.32 Å². The van der Waals surface area contributed by atoms with Crippen molar-refractivity contribution in [2.24, 2.45) is 4.99 Å². The molecule has 1 aromatic heterocycles. The van der Waals surface area contributed by atoms with Gasteiger partial charge in [-0.15, -0.1) is 23.7 Å². The highest BCUT2D eigenvalue weighted by atomic mass is 35.5. The molecule has 0 unspecified atom stereocenters. The Labute approximate surface area is 137 Å². The molecule has 0 aliphatic carbocycles. The van der Waals surface area contributed by atoms with Gasteiger partial charge in [0.05, 0.1) is 6.54 Å². The van der Waals surface area contributed by atoms with Crippen LogP contribution in [0.25, 0.3) is 0 Å². The van der Waals surface area contributed by atoms with Crippen molar-refractivity contribution < 1.29 is 4.79 Å². The number of hydrogen-bond donors (Lipinski definition) is 1. The van der Waals surface area contributed by atoms with Gasteiger partial charge in [0.2, 0.25) is 5.96 Å². The van der Waals surface area contributed by atoms with E-state index in [1.165, 1.54) is 0 Å². The van der Waals surface area contributed by atoms with Gasteiger partial charge >= 0.3 is 0 Å². The highest BCUT2D eigenvalue weighted by molar-refractivity contribution is 7.09. The van der Waals surface area contributed by atoms with Gasteiger partial charge in [-0.1, -0.05) is 17.7 Å². The number of hydrogen-bond acceptors (Lipinski definition) is 4. The monoisotopic (exact) mass is 341 g/mol. The molecule has 1 aliphatic heterocycles. The number of halogens is 2. The number of anilines is 1. The van der Waals surface area contributed by atoms with Crippen molar-refractivity contribution >= 4 is 52.9 Å². The molecule has 0 bridgehead atoms. The number of rotatable bonds is 3. The van der Waals surface area contributed by atoms with Crippen LogP contribution in [0.5, 0.6) is 0 Å². The standard InChI is InChI=1S/C14H12ClN3OS.ClH/c15-10-3-5-11(6-4-10)17-14-16-8-13(19)18(14)9-12-2-1-7-20-12;/h1-7H,8-9H2,(H,16,17);1H. The lowest BCUT2D eigenvalue weighted by molar-refractivity contribution is -0.125. The summed E-state index contributed by atoms with van der Waals surface area (Å²) in [6.45, 7) is 0.747. The second-order valence-electron chi connectivity index (χ2n) is 4.33. The maximum atomic E-state index is 11.9. The van der Waals surface area contributed by atoms with Crippen LogP contribution in [0.1, 0.15) is 4.88 Å². The van der Waals surface area contributed by atoms with E-state index in [0.717, 1.165) is 10.6 Å². The number of amides is 1. The van der Waals surface area contributed by atoms with Gasteiger partial charge in [-0.3, -0.25) is 9.69 Å². The molecule has 1 amide bonds. The minimum Gasteiger partial charge on any atom is -0.326 e. The minimum atomic E-state index is 0. The van der Waals surface area contributed by atoms with E-state index in [2.05, 4.69) is 10.3 Å². The molecule has 110 valence electrons. The van der Waals surface area contributed by atoms with Crippen LogP contribution >= 0.6 is 35.3 Å². The van der Waals surface area contributed by atoms with Gasteiger partial charge in [0.25, 0.3) is 5.91 Å². The number of nitrogens with one attached hydrogen (secondary N) is 1. The minimum absolute atomic E-state index is 0. The summed E-state index contributed by atoms with van der Waals surface area (Å²) in [4.78, 5) is 19.0. The highest BCUT2D eigenvalue weighted by Crippen LogP contribution is 2.18. The first kappa shape index (κ1) is 15.8. The third-order valence-corrected chi connectivity index (χ3v) is 4.03. The zero-order chi connectivity index (χ0) is 13.9. The average Bonchev–Trinajstić information content (AvgIpc) is 3.06. The number of carbonyl (C=O) groups is 1. The zero-order valence-corrected chi connectivity index (χ0v) is 13.3. The second-order valence-corrected chi connectivity index (χ2v) is 5.80. The third-order valence-electron chi connectivity index (χ3n) is 2.92. The van der Waals surface area contributed by atoms with Crippen molar-refractivity contribution in [2.75, 3.05) is 11.9 Å². The lowest BCUT2D eigenvalue weighted by atomic mass is 10.3. The van der Waals surface area contributed by atoms with E-state index in [0.29, 0.717) is 17.5 Å². The quantitative estimate of drug-likeness (QED) is 0.926. The number of guanidine groups is 1. The van der Waals surface area contributed by atoms with Gasteiger partial charge in [0, 0.05) is 15.6 Å². The largest absolute Gasteiger partial charge is 0.326 e. The van der Waals surface area contributed by atoms with Crippen molar-refractivity contribution in [1.29, 1.82) is 0 Å². The van der Waals surface area contributed by atoms with E-state index in [9.17, 15) is 4.79 Å². The summed E-state index contributed by atoms with van der Waals surface area (Å²) in [5.74, 6) is 0.598. The number of aliphatic imine (C=N–C) groups is 1. The lowest BCUT2D eigenvalue weighted by Crippen LogP contribution is -2.36. The first-order chi connectivity index (χ1) is 9.72. The molecule has 7 heteroatoms. The van der Waals surface area contributed by atoms with Crippen molar-refractivity contribution in [3.63, 3.8) is 0 Å². The Morgan fingerprint density at radius 1 is 1.29 bits per heavy atom. The van der Waals surface area contributed by atoms with Crippen LogP contribution in [-0.2, 0) is 11.3 Å². The van der Waals surface area contributed by atoms with E-state index in [1.807, 2.05) is 29.6 Å². The number of thiophene rings is 1. The van der Waals surface area contributed by atoms with Crippen LogP contribution in [0.2, 0.25) is 5.02 Å². The molecule has 0 atom stereocenters. The maximum absolute atomic E-state index is 11.9. The van der Waals surface area contributed by atoms with Gasteiger partial charge in [-0.05, 0) is 35.7 Å². The molecular formula is C14H13Cl2N3OS. The summed E-state index contributed by atoms with van der Waals surface area (Å²) < 4.78 is 0. The van der Waals surface area contributed by atoms with Gasteiger partial charge in [-0.25, -0.2) is 4.99 Å². The van der Waals surface area contributed by atoms with Crippen LogP contribution in [-0.4, -0.2) is 23.3 Å². The molecule has 0 saturated heterocycles. The number of carbonyl (C=O) groups excluding carboxylic acids is 1. The molecular weight excluding hydrogens is 329 g/mol. The Kier molecular flexibility index (Phi) is 5.22. The summed E-state index contributed by atoms with van der Waals surface area (Å²) in [6.07, 6.45) is 0. The Bertz CT molecular complexity index is 641. The summed E-state index contributed by atoms with van der Waals surface area (Å²) in [6, 6.07) is 11.3. The first-order valence-electron chi connectivity index (χ1n) is 6.12. The summed E-state index contributed by atoms with van der Waals surface area (Å²) in [5, 5.41) is 5.84. The second kappa shape index (κ2) is 6.93. The maximum Gasteiger partial charge on any atom is 0.251 e.